The van der Waals surface area contributed by atoms with E-state index >= 15 is 0 Å². The van der Waals surface area contributed by atoms with Crippen LogP contribution < -0.4 is 0 Å². The molecular weight excluding hydrogens is 384 g/mol. The van der Waals surface area contributed by atoms with Gasteiger partial charge in [-0.2, -0.15) is 0 Å². The zero-order valence-electron chi connectivity index (χ0n) is 18.3. The third kappa shape index (κ3) is 6.34. The topological polar surface area (TPSA) is 87.2 Å². The van der Waals surface area contributed by atoms with E-state index in [0.29, 0.717) is 13.0 Å². The molecule has 0 aliphatic carbocycles. The van der Waals surface area contributed by atoms with Gasteiger partial charge in [0.05, 0.1) is 6.04 Å². The first-order valence-electron chi connectivity index (χ1n) is 10.1. The summed E-state index contributed by atoms with van der Waals surface area (Å²) in [5, 5.41) is 9.64. The van der Waals surface area contributed by atoms with Gasteiger partial charge in [-0.3, -0.25) is 9.69 Å². The second-order valence-electron chi connectivity index (χ2n) is 9.01. The van der Waals surface area contributed by atoms with Gasteiger partial charge in [-0.1, -0.05) is 63.3 Å². The maximum absolute atomic E-state index is 13.2. The average molecular weight is 417 g/mol. The van der Waals surface area contributed by atoms with E-state index in [1.54, 1.807) is 4.90 Å². The van der Waals surface area contributed by atoms with Crippen molar-refractivity contribution in [1.82, 2.24) is 9.80 Å². The fourth-order valence-electron chi connectivity index (χ4n) is 3.67. The minimum atomic E-state index is -1.10. The van der Waals surface area contributed by atoms with Crippen molar-refractivity contribution >= 4 is 18.0 Å². The van der Waals surface area contributed by atoms with Gasteiger partial charge in [-0.05, 0) is 17.9 Å². The number of hydrogen-bond acceptors (Lipinski definition) is 4. The number of likely N-dealkylation sites (tertiary alicyclic amines) is 1. The van der Waals surface area contributed by atoms with E-state index in [-0.39, 0.29) is 30.9 Å². The molecule has 0 radical (unpaired) electrons. The molecule has 1 aliphatic heterocycles. The lowest BCUT2D eigenvalue weighted by Crippen LogP contribution is -2.44. The van der Waals surface area contributed by atoms with Crippen molar-refractivity contribution in [3.05, 3.63) is 48.0 Å². The highest BCUT2D eigenvalue weighted by atomic mass is 16.6. The van der Waals surface area contributed by atoms with Crippen LogP contribution in [0.4, 0.5) is 4.79 Å². The molecule has 7 nitrogen and oxygen atoms in total. The van der Waals surface area contributed by atoms with Gasteiger partial charge in [0.1, 0.15) is 12.6 Å². The van der Waals surface area contributed by atoms with Gasteiger partial charge in [0, 0.05) is 25.9 Å². The fraction of sp³-hybridized carbons (Fsp3) is 0.522. The monoisotopic (exact) mass is 416 g/mol. The van der Waals surface area contributed by atoms with Crippen LogP contribution in [0, 0.1) is 12.3 Å². The van der Waals surface area contributed by atoms with Gasteiger partial charge in [0.15, 0.2) is 0 Å². The Labute approximate surface area is 178 Å². The Morgan fingerprint density at radius 2 is 2.03 bits per heavy atom. The minimum absolute atomic E-state index is 0.00228. The number of carboxylic acids is 1. The van der Waals surface area contributed by atoms with E-state index in [1.807, 2.05) is 52.0 Å². The number of rotatable bonds is 7. The van der Waals surface area contributed by atoms with Crippen molar-refractivity contribution in [1.29, 1.82) is 0 Å². The molecule has 1 heterocycles. The predicted molar refractivity (Wildman–Crippen MR) is 114 cm³/mol. The van der Waals surface area contributed by atoms with Crippen LogP contribution >= 0.6 is 0 Å². The normalized spacial score (nSPS) is 18.7. The van der Waals surface area contributed by atoms with Crippen molar-refractivity contribution in [3.63, 3.8) is 0 Å². The predicted octanol–water partition coefficient (Wildman–Crippen LogP) is 3.61. The van der Waals surface area contributed by atoms with Crippen LogP contribution in [0.2, 0.25) is 0 Å². The Bertz CT molecular complexity index is 799. The summed E-state index contributed by atoms with van der Waals surface area (Å²) in [6.45, 7) is 11.9. The second kappa shape index (κ2) is 9.78. The molecule has 2 rings (SSSR count). The van der Waals surface area contributed by atoms with Crippen molar-refractivity contribution < 1.29 is 24.2 Å². The highest BCUT2D eigenvalue weighted by molar-refractivity contribution is 5.82. The Morgan fingerprint density at radius 1 is 1.33 bits per heavy atom. The first-order chi connectivity index (χ1) is 14.0. The van der Waals surface area contributed by atoms with Crippen molar-refractivity contribution in [2.75, 3.05) is 13.2 Å². The van der Waals surface area contributed by atoms with Gasteiger partial charge >= 0.3 is 12.1 Å². The molecule has 164 valence electrons. The van der Waals surface area contributed by atoms with Crippen molar-refractivity contribution in [2.24, 2.45) is 5.41 Å². The number of nitrogens with zero attached hydrogens (tertiary/aromatic N) is 2. The van der Waals surface area contributed by atoms with Crippen LogP contribution in [0.15, 0.2) is 36.9 Å². The SMILES string of the molecule is C=CCOC(=O)N1CC(N(Cc2cccc(C)c2)C(=O)CC(C)(C)C)CC1C(=O)O. The molecule has 2 amide bonds. The molecule has 2 atom stereocenters. The maximum Gasteiger partial charge on any atom is 0.410 e. The summed E-state index contributed by atoms with van der Waals surface area (Å²) in [6, 6.07) is 6.44. The van der Waals surface area contributed by atoms with E-state index < -0.39 is 24.1 Å². The van der Waals surface area contributed by atoms with E-state index in [0.717, 1.165) is 11.1 Å². The molecule has 0 bridgehead atoms. The molecule has 1 fully saturated rings. The van der Waals surface area contributed by atoms with Gasteiger partial charge in [-0.15, -0.1) is 0 Å². The molecular formula is C23H32N2O5. The fourth-order valence-corrected chi connectivity index (χ4v) is 3.67. The second-order valence-corrected chi connectivity index (χ2v) is 9.01. The number of carboxylic acid groups (broad SMARTS) is 1. The number of aliphatic carboxylic acids is 1. The minimum Gasteiger partial charge on any atom is -0.480 e. The third-order valence-electron chi connectivity index (χ3n) is 5.00. The first kappa shape index (κ1) is 23.4. The van der Waals surface area contributed by atoms with Crippen LogP contribution in [0.25, 0.3) is 0 Å². The Balaban J connectivity index is 2.29. The zero-order valence-corrected chi connectivity index (χ0v) is 18.3. The molecule has 0 saturated carbocycles. The molecule has 30 heavy (non-hydrogen) atoms. The smallest absolute Gasteiger partial charge is 0.410 e. The molecule has 1 aliphatic rings. The summed E-state index contributed by atoms with van der Waals surface area (Å²) in [7, 11) is 0. The third-order valence-corrected chi connectivity index (χ3v) is 5.00. The number of hydrogen-bond donors (Lipinski definition) is 1. The van der Waals surface area contributed by atoms with Crippen LogP contribution in [0.5, 0.6) is 0 Å². The molecule has 1 aromatic carbocycles. The maximum atomic E-state index is 13.2. The highest BCUT2D eigenvalue weighted by Crippen LogP contribution is 2.28. The van der Waals surface area contributed by atoms with Crippen LogP contribution in [-0.4, -0.2) is 58.1 Å². The number of carbonyl (C=O) groups excluding carboxylic acids is 2. The Hall–Kier alpha value is -2.83. The number of aryl methyl sites for hydroxylation is 1. The molecule has 0 aromatic heterocycles. The summed E-state index contributed by atoms with van der Waals surface area (Å²) < 4.78 is 5.06. The van der Waals surface area contributed by atoms with Gasteiger partial charge in [0.2, 0.25) is 5.91 Å². The Kier molecular flexibility index (Phi) is 7.65. The number of amides is 2. The molecule has 0 spiro atoms. The quantitative estimate of drug-likeness (QED) is 0.686. The standard InChI is InChI=1S/C23H32N2O5/c1-6-10-30-22(29)25-15-18(12-19(25)21(27)28)24(20(26)13-23(3,4)5)14-17-9-7-8-16(2)11-17/h6-9,11,18-19H,1,10,12-15H2,2-5H3,(H,27,28). The summed E-state index contributed by atoms with van der Waals surface area (Å²) in [6.07, 6.45) is 1.22. The summed E-state index contributed by atoms with van der Waals surface area (Å²) in [4.78, 5) is 40.3. The molecule has 1 aromatic rings. The highest BCUT2D eigenvalue weighted by Gasteiger charge is 2.44. The van der Waals surface area contributed by atoms with Crippen LogP contribution in [0.3, 0.4) is 0 Å². The van der Waals surface area contributed by atoms with E-state index in [1.165, 1.54) is 11.0 Å². The van der Waals surface area contributed by atoms with Crippen LogP contribution in [0.1, 0.15) is 44.7 Å². The lowest BCUT2D eigenvalue weighted by atomic mass is 9.91. The van der Waals surface area contributed by atoms with Gasteiger partial charge < -0.3 is 14.7 Å². The van der Waals surface area contributed by atoms with Crippen molar-refractivity contribution in [3.8, 4) is 0 Å². The first-order valence-corrected chi connectivity index (χ1v) is 10.1. The van der Waals surface area contributed by atoms with Gasteiger partial charge in [0.25, 0.3) is 0 Å². The van der Waals surface area contributed by atoms with Crippen molar-refractivity contribution in [2.45, 2.75) is 59.2 Å². The average Bonchev–Trinajstić information content (AvgIpc) is 3.08. The lowest BCUT2D eigenvalue weighted by molar-refractivity contribution is -0.142. The summed E-state index contributed by atoms with van der Waals surface area (Å²) >= 11 is 0. The molecule has 2 unspecified atom stereocenters. The number of ether oxygens (including phenoxy) is 1. The lowest BCUT2D eigenvalue weighted by Gasteiger charge is -2.32. The van der Waals surface area contributed by atoms with E-state index in [9.17, 15) is 19.5 Å². The summed E-state index contributed by atoms with van der Waals surface area (Å²) in [5.74, 6) is -1.16. The summed E-state index contributed by atoms with van der Waals surface area (Å²) in [5.41, 5.74) is 1.84. The largest absolute Gasteiger partial charge is 0.480 e. The number of benzene rings is 1. The van der Waals surface area contributed by atoms with Crippen LogP contribution in [-0.2, 0) is 20.9 Å². The molecule has 1 saturated heterocycles. The molecule has 7 heteroatoms. The van der Waals surface area contributed by atoms with Gasteiger partial charge in [-0.25, -0.2) is 9.59 Å². The zero-order chi connectivity index (χ0) is 22.5. The van der Waals surface area contributed by atoms with E-state index in [2.05, 4.69) is 6.58 Å². The van der Waals surface area contributed by atoms with E-state index in [4.69, 9.17) is 4.74 Å². The Morgan fingerprint density at radius 3 is 2.60 bits per heavy atom. The number of carbonyl (C=O) groups is 3. The molecule has 1 N–H and O–H groups in total.